The second kappa shape index (κ2) is 10.3. The minimum absolute atomic E-state index is 0.147. The molecule has 180 valence electrons. The summed E-state index contributed by atoms with van der Waals surface area (Å²) < 4.78 is 49.7. The van der Waals surface area contributed by atoms with Gasteiger partial charge in [0.25, 0.3) is 0 Å². The number of aryl methyl sites for hydroxylation is 1. The van der Waals surface area contributed by atoms with E-state index in [4.69, 9.17) is 9.47 Å². The minimum Gasteiger partial charge on any atom is -0.486 e. The summed E-state index contributed by atoms with van der Waals surface area (Å²) in [5.74, 6) is 6.05. The summed E-state index contributed by atoms with van der Waals surface area (Å²) in [4.78, 5) is 11.7. The molecule has 0 fully saturated rings. The molecular weight excluding hydrogens is 453 g/mol. The third-order valence-electron chi connectivity index (χ3n) is 6.19. The van der Waals surface area contributed by atoms with Crippen LogP contribution in [0.1, 0.15) is 54.0 Å². The SMILES string of the molecule is CC#CC(CC(=O)OC)c1ccc(OC2CCc3ccc(-c4ccc(C(F)(F)F)cc4)cc32)cc1. The third-order valence-corrected chi connectivity index (χ3v) is 6.19. The fraction of sp³-hybridized carbons (Fsp3) is 0.276. The molecule has 0 N–H and O–H groups in total. The van der Waals surface area contributed by atoms with Crippen LogP contribution in [0.3, 0.4) is 0 Å². The zero-order valence-electron chi connectivity index (χ0n) is 19.5. The van der Waals surface area contributed by atoms with Crippen molar-refractivity contribution < 1.29 is 27.4 Å². The predicted octanol–water partition coefficient (Wildman–Crippen LogP) is 7.11. The highest BCUT2D eigenvalue weighted by atomic mass is 19.4. The van der Waals surface area contributed by atoms with Crippen molar-refractivity contribution in [2.75, 3.05) is 7.11 Å². The number of esters is 1. The number of hydrogen-bond donors (Lipinski definition) is 0. The van der Waals surface area contributed by atoms with Gasteiger partial charge in [-0.15, -0.1) is 5.92 Å². The summed E-state index contributed by atoms with van der Waals surface area (Å²) in [6, 6.07) is 18.7. The van der Waals surface area contributed by atoms with Crippen LogP contribution in [0.25, 0.3) is 11.1 Å². The molecule has 0 spiro atoms. The molecule has 0 saturated carbocycles. The van der Waals surface area contributed by atoms with Crippen molar-refractivity contribution in [3.8, 4) is 28.7 Å². The van der Waals surface area contributed by atoms with Crippen molar-refractivity contribution in [1.29, 1.82) is 0 Å². The number of fused-ring (bicyclic) bond motifs is 1. The van der Waals surface area contributed by atoms with Crippen LogP contribution in [0.2, 0.25) is 0 Å². The maximum absolute atomic E-state index is 12.9. The normalized spacial score (nSPS) is 15.5. The third kappa shape index (κ3) is 5.68. The largest absolute Gasteiger partial charge is 0.486 e. The van der Waals surface area contributed by atoms with Crippen LogP contribution in [-0.2, 0) is 22.1 Å². The summed E-state index contributed by atoms with van der Waals surface area (Å²) in [7, 11) is 1.36. The molecule has 35 heavy (non-hydrogen) atoms. The molecule has 0 aromatic heterocycles. The van der Waals surface area contributed by atoms with Gasteiger partial charge in [-0.2, -0.15) is 13.2 Å². The van der Waals surface area contributed by atoms with Crippen LogP contribution in [0.15, 0.2) is 66.7 Å². The lowest BCUT2D eigenvalue weighted by molar-refractivity contribution is -0.141. The van der Waals surface area contributed by atoms with Crippen LogP contribution in [0.5, 0.6) is 5.75 Å². The number of benzene rings is 3. The van der Waals surface area contributed by atoms with Gasteiger partial charge in [0, 0.05) is 0 Å². The molecule has 2 atom stereocenters. The van der Waals surface area contributed by atoms with Crippen molar-refractivity contribution in [2.45, 2.75) is 44.4 Å². The van der Waals surface area contributed by atoms with Gasteiger partial charge < -0.3 is 9.47 Å². The molecule has 0 aliphatic heterocycles. The maximum Gasteiger partial charge on any atom is 0.416 e. The number of alkyl halides is 3. The number of halogens is 3. The molecule has 0 amide bonds. The number of rotatable bonds is 6. The number of hydrogen-bond acceptors (Lipinski definition) is 3. The van der Waals surface area contributed by atoms with E-state index in [1.807, 2.05) is 42.5 Å². The molecule has 3 nitrogen and oxygen atoms in total. The predicted molar refractivity (Wildman–Crippen MR) is 128 cm³/mol. The van der Waals surface area contributed by atoms with E-state index in [2.05, 4.69) is 11.8 Å². The summed E-state index contributed by atoms with van der Waals surface area (Å²) in [6.07, 6.45) is -2.63. The molecule has 1 aliphatic rings. The zero-order valence-corrected chi connectivity index (χ0v) is 19.5. The summed E-state index contributed by atoms with van der Waals surface area (Å²) in [6.45, 7) is 1.73. The highest BCUT2D eigenvalue weighted by Gasteiger charge is 2.30. The fourth-order valence-electron chi connectivity index (χ4n) is 4.34. The van der Waals surface area contributed by atoms with Gasteiger partial charge in [-0.25, -0.2) is 0 Å². The monoisotopic (exact) mass is 478 g/mol. The molecule has 4 rings (SSSR count). The van der Waals surface area contributed by atoms with Gasteiger partial charge >= 0.3 is 12.1 Å². The number of carbonyl (C=O) groups excluding carboxylic acids is 1. The lowest BCUT2D eigenvalue weighted by Crippen LogP contribution is -2.08. The Morgan fingerprint density at radius 3 is 2.34 bits per heavy atom. The summed E-state index contributed by atoms with van der Waals surface area (Å²) in [5.41, 5.74) is 4.06. The van der Waals surface area contributed by atoms with Gasteiger partial charge in [0.15, 0.2) is 0 Å². The highest BCUT2D eigenvalue weighted by molar-refractivity contribution is 5.71. The highest BCUT2D eigenvalue weighted by Crippen LogP contribution is 2.38. The van der Waals surface area contributed by atoms with Crippen molar-refractivity contribution in [3.63, 3.8) is 0 Å². The Morgan fingerprint density at radius 2 is 1.71 bits per heavy atom. The van der Waals surface area contributed by atoms with Crippen LogP contribution >= 0.6 is 0 Å². The van der Waals surface area contributed by atoms with Crippen LogP contribution < -0.4 is 4.74 Å². The Morgan fingerprint density at radius 1 is 1.03 bits per heavy atom. The van der Waals surface area contributed by atoms with E-state index in [9.17, 15) is 18.0 Å². The van der Waals surface area contributed by atoms with Gasteiger partial charge in [0.1, 0.15) is 11.9 Å². The Hall–Kier alpha value is -3.72. The van der Waals surface area contributed by atoms with E-state index in [0.29, 0.717) is 5.75 Å². The average molecular weight is 479 g/mol. The first-order valence-corrected chi connectivity index (χ1v) is 11.3. The van der Waals surface area contributed by atoms with Crippen molar-refractivity contribution in [3.05, 3.63) is 89.0 Å². The van der Waals surface area contributed by atoms with Crippen molar-refractivity contribution in [2.24, 2.45) is 0 Å². The second-order valence-corrected chi connectivity index (χ2v) is 8.43. The number of carbonyl (C=O) groups is 1. The Labute approximate surface area is 202 Å². The first-order chi connectivity index (χ1) is 16.8. The number of ether oxygens (including phenoxy) is 2. The van der Waals surface area contributed by atoms with Gasteiger partial charge in [-0.1, -0.05) is 42.3 Å². The summed E-state index contributed by atoms with van der Waals surface area (Å²) >= 11 is 0. The van der Waals surface area contributed by atoms with E-state index >= 15 is 0 Å². The van der Waals surface area contributed by atoms with Crippen LogP contribution in [-0.4, -0.2) is 13.1 Å². The topological polar surface area (TPSA) is 35.5 Å². The van der Waals surface area contributed by atoms with E-state index in [0.717, 1.165) is 47.2 Å². The van der Waals surface area contributed by atoms with E-state index in [1.54, 1.807) is 6.92 Å². The first kappa shape index (κ1) is 24.4. The fourth-order valence-corrected chi connectivity index (χ4v) is 4.34. The molecule has 1 aliphatic carbocycles. The standard InChI is InChI=1S/C29H25F3O3/c1-3-4-22(18-28(33)34-2)20-9-14-25(15-10-20)35-27-16-11-21-5-6-23(17-26(21)27)19-7-12-24(13-8-19)29(30,31)32/h5-10,12-15,17,22,27H,11,16,18H2,1-2H3. The van der Waals surface area contributed by atoms with E-state index < -0.39 is 11.7 Å². The second-order valence-electron chi connectivity index (χ2n) is 8.43. The summed E-state index contributed by atoms with van der Waals surface area (Å²) in [5, 5.41) is 0. The molecule has 0 radical (unpaired) electrons. The molecular formula is C29H25F3O3. The molecule has 0 saturated heterocycles. The van der Waals surface area contributed by atoms with Gasteiger partial charge in [0.05, 0.1) is 25.0 Å². The van der Waals surface area contributed by atoms with E-state index in [1.165, 1.54) is 24.8 Å². The van der Waals surface area contributed by atoms with Crippen LogP contribution in [0, 0.1) is 11.8 Å². The first-order valence-electron chi connectivity index (χ1n) is 11.3. The van der Waals surface area contributed by atoms with Gasteiger partial charge in [-0.05, 0) is 77.9 Å². The molecule has 0 heterocycles. The average Bonchev–Trinajstić information content (AvgIpc) is 3.25. The number of methoxy groups -OCH3 is 1. The van der Waals surface area contributed by atoms with Crippen LogP contribution in [0.4, 0.5) is 13.2 Å². The lowest BCUT2D eigenvalue weighted by Gasteiger charge is -2.17. The quantitative estimate of drug-likeness (QED) is 0.280. The molecule has 2 unspecified atom stereocenters. The van der Waals surface area contributed by atoms with E-state index in [-0.39, 0.29) is 24.4 Å². The van der Waals surface area contributed by atoms with Crippen molar-refractivity contribution >= 4 is 5.97 Å². The maximum atomic E-state index is 12.9. The molecule has 3 aromatic carbocycles. The Bertz CT molecular complexity index is 1250. The zero-order chi connectivity index (χ0) is 25.0. The Balaban J connectivity index is 1.51. The smallest absolute Gasteiger partial charge is 0.416 e. The molecule has 0 bridgehead atoms. The van der Waals surface area contributed by atoms with Gasteiger partial charge in [0.2, 0.25) is 0 Å². The molecule has 3 aromatic rings. The van der Waals surface area contributed by atoms with Gasteiger partial charge in [-0.3, -0.25) is 4.79 Å². The van der Waals surface area contributed by atoms with Crippen molar-refractivity contribution in [1.82, 2.24) is 0 Å². The molecule has 6 heteroatoms. The minimum atomic E-state index is -4.35. The Kier molecular flexibility index (Phi) is 7.16. The lowest BCUT2D eigenvalue weighted by atomic mass is 9.96.